The molecule has 0 aliphatic carbocycles. The van der Waals surface area contributed by atoms with Crippen LogP contribution in [0.4, 0.5) is 0 Å². The summed E-state index contributed by atoms with van der Waals surface area (Å²) in [5.74, 6) is -0.567. The molecule has 40 heavy (non-hydrogen) atoms. The first-order chi connectivity index (χ1) is 19.3. The highest BCUT2D eigenvalue weighted by Gasteiger charge is 2.45. The van der Waals surface area contributed by atoms with Gasteiger partial charge in [-0.05, 0) is 54.8 Å². The van der Waals surface area contributed by atoms with Crippen LogP contribution in [0.2, 0.25) is 0 Å². The lowest BCUT2D eigenvalue weighted by molar-refractivity contribution is -0.138. The van der Waals surface area contributed by atoms with E-state index in [2.05, 4.69) is 15.9 Å². The van der Waals surface area contributed by atoms with Crippen molar-refractivity contribution in [3.8, 4) is 0 Å². The van der Waals surface area contributed by atoms with Crippen LogP contribution in [0.15, 0.2) is 136 Å². The molecule has 0 radical (unpaired) electrons. The summed E-state index contributed by atoms with van der Waals surface area (Å²) in [4.78, 5) is 13.6. The lowest BCUT2D eigenvalue weighted by Gasteiger charge is -2.31. The molecule has 1 atom stereocenters. The number of allylic oxidation sites excluding steroid dienone is 1. The zero-order valence-corrected chi connectivity index (χ0v) is 24.5. The molecule has 5 rings (SSSR count). The molecule has 1 aliphatic rings. The highest BCUT2D eigenvalue weighted by molar-refractivity contribution is 9.10. The number of hydrogen-bond acceptors (Lipinski definition) is 4. The smallest absolute Gasteiger partial charge is 0.336 e. The highest BCUT2D eigenvalue weighted by Crippen LogP contribution is 2.48. The molecule has 0 unspecified atom stereocenters. The molecule has 0 amide bonds. The van der Waals surface area contributed by atoms with Crippen molar-refractivity contribution in [3.63, 3.8) is 0 Å². The van der Waals surface area contributed by atoms with Gasteiger partial charge in [-0.25, -0.2) is 13.2 Å². The van der Waals surface area contributed by atoms with E-state index < -0.39 is 22.0 Å². The standard InChI is InChI=1S/C33H28BrNO4S/c1-3-39-33(36)28-22-30(31(24-12-6-4-7-13-24)25-14-8-5-9-15-25)35(32(28)27-16-10-11-17-29(27)34)40(37,38)26-20-18-23(2)19-21-26/h4-22,32H,3H2,1-2H3/t32-/m0/s1. The van der Waals surface area contributed by atoms with Crippen molar-refractivity contribution in [1.82, 2.24) is 4.31 Å². The zero-order valence-electron chi connectivity index (χ0n) is 22.1. The number of sulfonamides is 1. The third-order valence-corrected chi connectivity index (χ3v) is 9.24. The van der Waals surface area contributed by atoms with Gasteiger partial charge in [-0.3, -0.25) is 4.31 Å². The fraction of sp³-hybridized carbons (Fsp3) is 0.121. The van der Waals surface area contributed by atoms with Crippen LogP contribution < -0.4 is 0 Å². The van der Waals surface area contributed by atoms with Crippen LogP contribution in [0.3, 0.4) is 0 Å². The van der Waals surface area contributed by atoms with Crippen molar-refractivity contribution in [2.75, 3.05) is 6.61 Å². The minimum absolute atomic E-state index is 0.131. The lowest BCUT2D eigenvalue weighted by Crippen LogP contribution is -2.33. The van der Waals surface area contributed by atoms with Crippen LogP contribution in [0, 0.1) is 6.92 Å². The average molecular weight is 615 g/mol. The molecule has 0 bridgehead atoms. The molecular formula is C33H28BrNO4S. The first kappa shape index (κ1) is 27.6. The van der Waals surface area contributed by atoms with Gasteiger partial charge in [0.05, 0.1) is 22.8 Å². The molecule has 202 valence electrons. The second-order valence-electron chi connectivity index (χ2n) is 9.35. The average Bonchev–Trinajstić information content (AvgIpc) is 3.36. The normalized spacial score (nSPS) is 15.1. The molecule has 0 saturated carbocycles. The molecular weight excluding hydrogens is 586 g/mol. The van der Waals surface area contributed by atoms with Gasteiger partial charge in [0, 0.05) is 10.0 Å². The van der Waals surface area contributed by atoms with Crippen LogP contribution in [0.5, 0.6) is 0 Å². The van der Waals surface area contributed by atoms with E-state index in [-0.39, 0.29) is 17.1 Å². The minimum atomic E-state index is -4.17. The third kappa shape index (κ3) is 5.27. The van der Waals surface area contributed by atoms with Gasteiger partial charge in [-0.15, -0.1) is 0 Å². The van der Waals surface area contributed by atoms with E-state index in [0.29, 0.717) is 21.3 Å². The summed E-state index contributed by atoms with van der Waals surface area (Å²) >= 11 is 3.61. The summed E-state index contributed by atoms with van der Waals surface area (Å²) in [6.07, 6.45) is 1.67. The van der Waals surface area contributed by atoms with Crippen LogP contribution in [0.25, 0.3) is 5.57 Å². The monoisotopic (exact) mass is 613 g/mol. The Labute approximate surface area is 243 Å². The summed E-state index contributed by atoms with van der Waals surface area (Å²) in [6.45, 7) is 3.80. The molecule has 0 fully saturated rings. The SMILES string of the molecule is CCOC(=O)C1=CC(=C(c2ccccc2)c2ccccc2)N(S(=O)(=O)c2ccc(C)cc2)[C@H]1c1ccccc1Br. The van der Waals surface area contributed by atoms with Crippen LogP contribution >= 0.6 is 15.9 Å². The fourth-order valence-corrected chi connectivity index (χ4v) is 6.99. The second-order valence-corrected chi connectivity index (χ2v) is 12.0. The molecule has 0 spiro atoms. The Kier molecular flexibility index (Phi) is 8.05. The Bertz CT molecular complexity index is 1660. The van der Waals surface area contributed by atoms with E-state index in [1.165, 1.54) is 4.31 Å². The number of esters is 1. The molecule has 4 aromatic rings. The van der Waals surface area contributed by atoms with Crippen molar-refractivity contribution < 1.29 is 17.9 Å². The number of aryl methyl sites for hydroxylation is 1. The Morgan fingerprint density at radius 2 is 1.38 bits per heavy atom. The third-order valence-electron chi connectivity index (χ3n) is 6.73. The highest BCUT2D eigenvalue weighted by atomic mass is 79.9. The van der Waals surface area contributed by atoms with Gasteiger partial charge in [-0.2, -0.15) is 0 Å². The largest absolute Gasteiger partial charge is 0.463 e. The maximum atomic E-state index is 14.6. The van der Waals surface area contributed by atoms with Crippen molar-refractivity contribution in [2.45, 2.75) is 24.8 Å². The predicted molar refractivity (Wildman–Crippen MR) is 161 cm³/mol. The van der Waals surface area contributed by atoms with Crippen molar-refractivity contribution >= 4 is 37.5 Å². The molecule has 0 saturated heterocycles. The number of rotatable bonds is 7. The number of benzene rings is 4. The van der Waals surface area contributed by atoms with Gasteiger partial charge in [-0.1, -0.05) is 112 Å². The van der Waals surface area contributed by atoms with Crippen molar-refractivity contribution in [3.05, 3.63) is 153 Å². The summed E-state index contributed by atoms with van der Waals surface area (Å²) < 4.78 is 36.8. The van der Waals surface area contributed by atoms with Crippen molar-refractivity contribution in [2.24, 2.45) is 0 Å². The maximum absolute atomic E-state index is 14.6. The van der Waals surface area contributed by atoms with Crippen LogP contribution in [-0.4, -0.2) is 25.3 Å². The Hall–Kier alpha value is -3.94. The number of carbonyl (C=O) groups excluding carboxylic acids is 1. The molecule has 7 heteroatoms. The molecule has 4 aromatic carbocycles. The molecule has 1 heterocycles. The first-order valence-corrected chi connectivity index (χ1v) is 15.2. The summed E-state index contributed by atoms with van der Waals surface area (Å²) in [5, 5.41) is 0. The summed E-state index contributed by atoms with van der Waals surface area (Å²) in [5.41, 5.74) is 4.53. The van der Waals surface area contributed by atoms with E-state index in [1.54, 1.807) is 37.3 Å². The maximum Gasteiger partial charge on any atom is 0.336 e. The van der Waals surface area contributed by atoms with Gasteiger partial charge in [0.1, 0.15) is 6.04 Å². The lowest BCUT2D eigenvalue weighted by atomic mass is 9.96. The Balaban J connectivity index is 1.90. The quantitative estimate of drug-likeness (QED) is 0.203. The molecule has 0 N–H and O–H groups in total. The van der Waals surface area contributed by atoms with Crippen LogP contribution in [0.1, 0.15) is 35.2 Å². The predicted octanol–water partition coefficient (Wildman–Crippen LogP) is 7.45. The second kappa shape index (κ2) is 11.7. The van der Waals surface area contributed by atoms with E-state index in [1.807, 2.05) is 91.9 Å². The van der Waals surface area contributed by atoms with Gasteiger partial charge in [0.15, 0.2) is 0 Å². The van der Waals surface area contributed by atoms with E-state index in [0.717, 1.165) is 16.7 Å². The first-order valence-electron chi connectivity index (χ1n) is 12.9. The zero-order chi connectivity index (χ0) is 28.3. The van der Waals surface area contributed by atoms with Gasteiger partial charge >= 0.3 is 5.97 Å². The number of nitrogens with zero attached hydrogens (tertiary/aromatic N) is 1. The number of ether oxygens (including phenoxy) is 1. The summed E-state index contributed by atoms with van der Waals surface area (Å²) in [6, 6.07) is 32.4. The molecule has 1 aliphatic heterocycles. The number of hydrogen-bond donors (Lipinski definition) is 0. The Morgan fingerprint density at radius 3 is 1.93 bits per heavy atom. The van der Waals surface area contributed by atoms with Gasteiger partial charge < -0.3 is 4.74 Å². The molecule has 0 aromatic heterocycles. The fourth-order valence-electron chi connectivity index (χ4n) is 4.88. The van der Waals surface area contributed by atoms with Crippen LogP contribution in [-0.2, 0) is 19.6 Å². The van der Waals surface area contributed by atoms with E-state index in [4.69, 9.17) is 4.74 Å². The van der Waals surface area contributed by atoms with Gasteiger partial charge in [0.25, 0.3) is 10.0 Å². The van der Waals surface area contributed by atoms with Gasteiger partial charge in [0.2, 0.25) is 0 Å². The van der Waals surface area contributed by atoms with E-state index >= 15 is 0 Å². The minimum Gasteiger partial charge on any atom is -0.463 e. The summed E-state index contributed by atoms with van der Waals surface area (Å²) in [7, 11) is -4.17. The number of halogens is 1. The Morgan fingerprint density at radius 1 is 0.825 bits per heavy atom. The van der Waals surface area contributed by atoms with E-state index in [9.17, 15) is 13.2 Å². The number of carbonyl (C=O) groups is 1. The topological polar surface area (TPSA) is 63.7 Å². The molecule has 5 nitrogen and oxygen atoms in total. The van der Waals surface area contributed by atoms with Crippen molar-refractivity contribution in [1.29, 1.82) is 0 Å².